The van der Waals surface area contributed by atoms with E-state index >= 15 is 0 Å². The zero-order valence-corrected chi connectivity index (χ0v) is 17.8. The van der Waals surface area contributed by atoms with Crippen molar-refractivity contribution in [2.24, 2.45) is 5.92 Å². The van der Waals surface area contributed by atoms with Crippen molar-refractivity contribution in [3.63, 3.8) is 0 Å². The standard InChI is InChI=1S/C24H41FN2/c1-3-5-7-9-11-13-20-15-17-21(18-16-20)24-26-19-22(23(25)27-24)14-12-10-8-6-4-2/h19-21H,3-18H2,1-2H3. The fourth-order valence-electron chi connectivity index (χ4n) is 4.43. The van der Waals surface area contributed by atoms with Gasteiger partial charge in [-0.1, -0.05) is 78.1 Å². The minimum atomic E-state index is -0.270. The van der Waals surface area contributed by atoms with Gasteiger partial charge in [-0.3, -0.25) is 0 Å². The first-order valence-corrected chi connectivity index (χ1v) is 11.8. The van der Waals surface area contributed by atoms with Crippen molar-refractivity contribution >= 4 is 0 Å². The number of nitrogens with zero attached hydrogens (tertiary/aromatic N) is 2. The molecule has 2 rings (SSSR count). The number of aromatic nitrogens is 2. The molecule has 154 valence electrons. The Morgan fingerprint density at radius 1 is 0.852 bits per heavy atom. The van der Waals surface area contributed by atoms with Crippen molar-refractivity contribution in [3.05, 3.63) is 23.5 Å². The van der Waals surface area contributed by atoms with Gasteiger partial charge in [0.15, 0.2) is 0 Å². The predicted molar refractivity (Wildman–Crippen MR) is 113 cm³/mol. The number of hydrogen-bond acceptors (Lipinski definition) is 2. The van der Waals surface area contributed by atoms with Crippen LogP contribution in [-0.2, 0) is 6.42 Å². The van der Waals surface area contributed by atoms with Crippen LogP contribution in [0.2, 0.25) is 0 Å². The first-order valence-electron chi connectivity index (χ1n) is 11.8. The van der Waals surface area contributed by atoms with Crippen molar-refractivity contribution < 1.29 is 4.39 Å². The number of halogens is 1. The molecule has 1 aliphatic rings. The maximum absolute atomic E-state index is 14.4. The normalized spacial score (nSPS) is 20.1. The van der Waals surface area contributed by atoms with Gasteiger partial charge in [-0.25, -0.2) is 9.97 Å². The summed E-state index contributed by atoms with van der Waals surface area (Å²) in [4.78, 5) is 8.80. The Bertz CT molecular complexity index is 509. The van der Waals surface area contributed by atoms with E-state index in [1.807, 2.05) is 0 Å². The van der Waals surface area contributed by atoms with Gasteiger partial charge >= 0.3 is 0 Å². The van der Waals surface area contributed by atoms with E-state index in [4.69, 9.17) is 0 Å². The molecule has 1 aromatic rings. The Labute approximate surface area is 166 Å². The fourth-order valence-corrected chi connectivity index (χ4v) is 4.43. The zero-order valence-electron chi connectivity index (χ0n) is 17.8. The summed E-state index contributed by atoms with van der Waals surface area (Å²) >= 11 is 0. The Morgan fingerprint density at radius 3 is 2.11 bits per heavy atom. The summed E-state index contributed by atoms with van der Waals surface area (Å²) in [6, 6.07) is 0. The smallest absolute Gasteiger partial charge is 0.219 e. The highest BCUT2D eigenvalue weighted by molar-refractivity contribution is 5.10. The SMILES string of the molecule is CCCCCCCc1cnc(C2CCC(CCCCCCC)CC2)nc1F. The van der Waals surface area contributed by atoms with E-state index in [0.717, 1.165) is 37.4 Å². The van der Waals surface area contributed by atoms with E-state index in [9.17, 15) is 4.39 Å². The molecule has 1 saturated carbocycles. The highest BCUT2D eigenvalue weighted by atomic mass is 19.1. The average molecular weight is 377 g/mol. The fraction of sp³-hybridized carbons (Fsp3) is 0.833. The maximum atomic E-state index is 14.4. The lowest BCUT2D eigenvalue weighted by atomic mass is 9.79. The lowest BCUT2D eigenvalue weighted by Crippen LogP contribution is -2.16. The summed E-state index contributed by atoms with van der Waals surface area (Å²) in [5.74, 6) is 1.72. The highest BCUT2D eigenvalue weighted by Crippen LogP contribution is 2.36. The molecule has 0 amide bonds. The molecule has 0 aromatic carbocycles. The maximum Gasteiger partial charge on any atom is 0.219 e. The topological polar surface area (TPSA) is 25.8 Å². The number of rotatable bonds is 13. The third-order valence-corrected chi connectivity index (χ3v) is 6.31. The highest BCUT2D eigenvalue weighted by Gasteiger charge is 2.24. The van der Waals surface area contributed by atoms with Crippen molar-refractivity contribution in [2.75, 3.05) is 0 Å². The molecular weight excluding hydrogens is 335 g/mol. The van der Waals surface area contributed by atoms with Gasteiger partial charge in [0.1, 0.15) is 5.82 Å². The summed E-state index contributed by atoms with van der Waals surface area (Å²) in [6.45, 7) is 4.49. The van der Waals surface area contributed by atoms with Gasteiger partial charge in [0.05, 0.1) is 0 Å². The summed E-state index contributed by atoms with van der Waals surface area (Å²) in [5, 5.41) is 0. The van der Waals surface area contributed by atoms with Crippen LogP contribution in [-0.4, -0.2) is 9.97 Å². The van der Waals surface area contributed by atoms with E-state index in [2.05, 4.69) is 23.8 Å². The number of aryl methyl sites for hydroxylation is 1. The molecular formula is C24H41FN2. The van der Waals surface area contributed by atoms with Crippen LogP contribution < -0.4 is 0 Å². The van der Waals surface area contributed by atoms with Gasteiger partial charge in [-0.15, -0.1) is 0 Å². The third kappa shape index (κ3) is 8.27. The minimum absolute atomic E-state index is 0.270. The molecule has 0 unspecified atom stereocenters. The van der Waals surface area contributed by atoms with Gasteiger partial charge in [0, 0.05) is 17.7 Å². The van der Waals surface area contributed by atoms with E-state index < -0.39 is 0 Å². The van der Waals surface area contributed by atoms with E-state index in [-0.39, 0.29) is 5.95 Å². The van der Waals surface area contributed by atoms with Crippen LogP contribution in [0.5, 0.6) is 0 Å². The second-order valence-corrected chi connectivity index (χ2v) is 8.63. The van der Waals surface area contributed by atoms with Crippen LogP contribution in [0.1, 0.15) is 127 Å². The van der Waals surface area contributed by atoms with Crippen molar-refractivity contribution in [1.29, 1.82) is 0 Å². The van der Waals surface area contributed by atoms with Crippen LogP contribution in [0.4, 0.5) is 4.39 Å². The van der Waals surface area contributed by atoms with Crippen molar-refractivity contribution in [3.8, 4) is 0 Å². The molecule has 3 heteroatoms. The lowest BCUT2D eigenvalue weighted by Gasteiger charge is -2.27. The monoisotopic (exact) mass is 376 g/mol. The Morgan fingerprint density at radius 2 is 1.48 bits per heavy atom. The summed E-state index contributed by atoms with van der Waals surface area (Å²) in [5.41, 5.74) is 0.705. The summed E-state index contributed by atoms with van der Waals surface area (Å²) < 4.78 is 14.4. The number of hydrogen-bond donors (Lipinski definition) is 0. The molecule has 0 aliphatic heterocycles. The summed E-state index contributed by atoms with van der Waals surface area (Å²) in [6.07, 6.45) is 21.6. The molecule has 1 heterocycles. The van der Waals surface area contributed by atoms with Crippen LogP contribution in [0.25, 0.3) is 0 Å². The van der Waals surface area contributed by atoms with Crippen molar-refractivity contribution in [1.82, 2.24) is 9.97 Å². The minimum Gasteiger partial charge on any atom is -0.241 e. The van der Waals surface area contributed by atoms with Crippen LogP contribution >= 0.6 is 0 Å². The average Bonchev–Trinajstić information content (AvgIpc) is 2.69. The molecule has 1 fully saturated rings. The first kappa shape index (κ1) is 22.3. The largest absolute Gasteiger partial charge is 0.241 e. The predicted octanol–water partition coefficient (Wildman–Crippen LogP) is 7.76. The molecule has 0 spiro atoms. The van der Waals surface area contributed by atoms with Gasteiger partial charge in [0.2, 0.25) is 5.95 Å². The Hall–Kier alpha value is -0.990. The third-order valence-electron chi connectivity index (χ3n) is 6.31. The molecule has 27 heavy (non-hydrogen) atoms. The molecule has 0 atom stereocenters. The van der Waals surface area contributed by atoms with Crippen LogP contribution in [0.3, 0.4) is 0 Å². The van der Waals surface area contributed by atoms with E-state index in [1.165, 1.54) is 77.0 Å². The van der Waals surface area contributed by atoms with Crippen LogP contribution in [0, 0.1) is 11.9 Å². The van der Waals surface area contributed by atoms with E-state index in [1.54, 1.807) is 6.20 Å². The Balaban J connectivity index is 1.70. The van der Waals surface area contributed by atoms with Gasteiger partial charge < -0.3 is 0 Å². The molecule has 1 aromatic heterocycles. The second-order valence-electron chi connectivity index (χ2n) is 8.63. The first-order chi connectivity index (χ1) is 13.2. The quantitative estimate of drug-likeness (QED) is 0.259. The van der Waals surface area contributed by atoms with Crippen molar-refractivity contribution in [2.45, 2.75) is 122 Å². The summed E-state index contributed by atoms with van der Waals surface area (Å²) in [7, 11) is 0. The molecule has 0 saturated heterocycles. The molecule has 2 nitrogen and oxygen atoms in total. The molecule has 0 bridgehead atoms. The number of unbranched alkanes of at least 4 members (excludes halogenated alkanes) is 8. The van der Waals surface area contributed by atoms with Gasteiger partial charge in [-0.2, -0.15) is 4.39 Å². The lowest BCUT2D eigenvalue weighted by molar-refractivity contribution is 0.294. The van der Waals surface area contributed by atoms with Gasteiger partial charge in [-0.05, 0) is 44.4 Å². The Kier molecular flexibility index (Phi) is 10.9. The molecule has 0 radical (unpaired) electrons. The zero-order chi connectivity index (χ0) is 19.3. The van der Waals surface area contributed by atoms with Crippen LogP contribution in [0.15, 0.2) is 6.20 Å². The molecule has 1 aliphatic carbocycles. The van der Waals surface area contributed by atoms with E-state index in [0.29, 0.717) is 11.5 Å². The molecule has 0 N–H and O–H groups in total. The van der Waals surface area contributed by atoms with Gasteiger partial charge in [0.25, 0.3) is 0 Å². The second kappa shape index (κ2) is 13.2.